The van der Waals surface area contributed by atoms with Crippen LogP contribution in [0.5, 0.6) is 0 Å². The van der Waals surface area contributed by atoms with Crippen LogP contribution in [0.2, 0.25) is 0 Å². The van der Waals surface area contributed by atoms with E-state index >= 15 is 0 Å². The number of nitro groups is 2. The van der Waals surface area contributed by atoms with Gasteiger partial charge in [0.1, 0.15) is 6.54 Å². The second kappa shape index (κ2) is 6.92. The molecule has 0 aromatic rings. The normalized spacial score (nSPS) is 9.71. The van der Waals surface area contributed by atoms with Crippen LogP contribution in [0.1, 0.15) is 0 Å². The Morgan fingerprint density at radius 3 is 2.18 bits per heavy atom. The number of ether oxygens (including phenoxy) is 1. The fourth-order valence-corrected chi connectivity index (χ4v) is 0.860. The highest BCUT2D eigenvalue weighted by Gasteiger charge is 2.25. The molecule has 0 saturated carbocycles. The van der Waals surface area contributed by atoms with E-state index in [1.54, 1.807) is 0 Å². The standard InChI is InChI=1S/C6H11N5O6/c7-6(8)9-1-5(12)17-4(2-10(13)14)3-11(15)16/h4H,1-3H2,(H4,7,8,9). The molecule has 11 nitrogen and oxygen atoms in total. The summed E-state index contributed by atoms with van der Waals surface area (Å²) in [5, 5.41) is 29.2. The van der Waals surface area contributed by atoms with Crippen LogP contribution in [0.4, 0.5) is 0 Å². The predicted molar refractivity (Wildman–Crippen MR) is 53.5 cm³/mol. The lowest BCUT2D eigenvalue weighted by atomic mass is 10.3. The topological polar surface area (TPSA) is 174 Å². The molecule has 0 rings (SSSR count). The fourth-order valence-electron chi connectivity index (χ4n) is 0.860. The Hall–Kier alpha value is -2.46. The Morgan fingerprint density at radius 1 is 1.35 bits per heavy atom. The molecule has 0 aromatic carbocycles. The third-order valence-corrected chi connectivity index (χ3v) is 1.43. The first kappa shape index (κ1) is 14.5. The first-order chi connectivity index (χ1) is 7.81. The van der Waals surface area contributed by atoms with Crippen molar-refractivity contribution in [2.45, 2.75) is 6.10 Å². The maximum Gasteiger partial charge on any atom is 0.326 e. The summed E-state index contributed by atoms with van der Waals surface area (Å²) in [6.07, 6.45) is -1.44. The molecule has 96 valence electrons. The molecular formula is C6H11N5O6. The minimum atomic E-state index is -1.44. The van der Waals surface area contributed by atoms with Gasteiger partial charge in [0.05, 0.1) is 0 Å². The van der Waals surface area contributed by atoms with Gasteiger partial charge in [-0.15, -0.1) is 0 Å². The van der Waals surface area contributed by atoms with Crippen molar-refractivity contribution in [2.24, 2.45) is 5.73 Å². The molecule has 0 aliphatic heterocycles. The fraction of sp³-hybridized carbons (Fsp3) is 0.667. The van der Waals surface area contributed by atoms with E-state index in [1.165, 1.54) is 0 Å². The maximum absolute atomic E-state index is 11.0. The molecule has 0 fully saturated rings. The summed E-state index contributed by atoms with van der Waals surface area (Å²) in [5.41, 5.74) is 4.88. The van der Waals surface area contributed by atoms with Gasteiger partial charge in [0.25, 0.3) is 0 Å². The molecular weight excluding hydrogens is 238 g/mol. The van der Waals surface area contributed by atoms with Gasteiger partial charge < -0.3 is 15.8 Å². The summed E-state index contributed by atoms with van der Waals surface area (Å²) in [6, 6.07) is 0. The summed E-state index contributed by atoms with van der Waals surface area (Å²) in [6.45, 7) is -2.19. The average molecular weight is 249 g/mol. The lowest BCUT2D eigenvalue weighted by Crippen LogP contribution is -2.39. The number of esters is 1. The first-order valence-corrected chi connectivity index (χ1v) is 4.32. The van der Waals surface area contributed by atoms with Crippen molar-refractivity contribution in [1.29, 1.82) is 5.41 Å². The number of nitrogens with zero attached hydrogens (tertiary/aromatic N) is 2. The number of nitrogens with two attached hydrogens (primary N) is 1. The third-order valence-electron chi connectivity index (χ3n) is 1.43. The smallest absolute Gasteiger partial charge is 0.326 e. The Bertz CT molecular complexity index is 315. The number of rotatable bonds is 7. The summed E-state index contributed by atoms with van der Waals surface area (Å²) >= 11 is 0. The summed E-state index contributed by atoms with van der Waals surface area (Å²) in [5.74, 6) is -1.45. The van der Waals surface area contributed by atoms with Crippen molar-refractivity contribution in [1.82, 2.24) is 5.32 Å². The second-order valence-corrected chi connectivity index (χ2v) is 2.91. The Morgan fingerprint density at radius 2 is 1.82 bits per heavy atom. The molecule has 4 N–H and O–H groups in total. The number of carbonyl (C=O) groups excluding carboxylic acids is 1. The zero-order valence-corrected chi connectivity index (χ0v) is 8.62. The van der Waals surface area contributed by atoms with Crippen molar-refractivity contribution in [3.05, 3.63) is 20.2 Å². The molecule has 0 saturated heterocycles. The molecule has 0 aliphatic rings. The minimum Gasteiger partial charge on any atom is -0.447 e. The van der Waals surface area contributed by atoms with E-state index in [1.807, 2.05) is 0 Å². The van der Waals surface area contributed by atoms with Gasteiger partial charge in [-0.3, -0.25) is 30.4 Å². The van der Waals surface area contributed by atoms with E-state index < -0.39 is 47.5 Å². The van der Waals surface area contributed by atoms with Crippen molar-refractivity contribution in [3.63, 3.8) is 0 Å². The quantitative estimate of drug-likeness (QED) is 0.151. The molecule has 0 amide bonds. The second-order valence-electron chi connectivity index (χ2n) is 2.91. The van der Waals surface area contributed by atoms with E-state index in [0.717, 1.165) is 0 Å². The number of hydrogen-bond acceptors (Lipinski definition) is 7. The maximum atomic E-state index is 11.0. The highest BCUT2D eigenvalue weighted by molar-refractivity contribution is 5.81. The molecule has 0 unspecified atom stereocenters. The van der Waals surface area contributed by atoms with Crippen LogP contribution in [0.3, 0.4) is 0 Å². The van der Waals surface area contributed by atoms with Gasteiger partial charge in [-0.1, -0.05) is 0 Å². The Labute approximate surface area is 94.7 Å². The van der Waals surface area contributed by atoms with Gasteiger partial charge in [0.2, 0.25) is 19.2 Å². The molecule has 11 heteroatoms. The van der Waals surface area contributed by atoms with Crippen molar-refractivity contribution in [3.8, 4) is 0 Å². The Kier molecular flexibility index (Phi) is 5.92. The Balaban J connectivity index is 4.21. The minimum absolute atomic E-state index is 0.484. The number of carbonyl (C=O) groups is 1. The molecule has 0 aliphatic carbocycles. The molecule has 0 bridgehead atoms. The van der Waals surface area contributed by atoms with Crippen LogP contribution in [-0.2, 0) is 9.53 Å². The van der Waals surface area contributed by atoms with Crippen LogP contribution in [0.25, 0.3) is 0 Å². The predicted octanol–water partition coefficient (Wildman–Crippen LogP) is -2.07. The SMILES string of the molecule is N=C(N)NCC(=O)OC(C[N+](=O)[O-])C[N+](=O)[O-]. The third kappa shape index (κ3) is 8.53. The first-order valence-electron chi connectivity index (χ1n) is 4.32. The summed E-state index contributed by atoms with van der Waals surface area (Å²) in [4.78, 5) is 29.7. The van der Waals surface area contributed by atoms with Gasteiger partial charge in [0, 0.05) is 9.85 Å². The highest BCUT2D eigenvalue weighted by atomic mass is 16.6. The van der Waals surface area contributed by atoms with Crippen LogP contribution >= 0.6 is 0 Å². The van der Waals surface area contributed by atoms with Gasteiger partial charge in [-0.25, -0.2) is 0 Å². The molecule has 0 heterocycles. The van der Waals surface area contributed by atoms with Gasteiger partial charge >= 0.3 is 5.97 Å². The van der Waals surface area contributed by atoms with E-state index in [-0.39, 0.29) is 0 Å². The van der Waals surface area contributed by atoms with Crippen LogP contribution in [0.15, 0.2) is 0 Å². The summed E-state index contributed by atoms with van der Waals surface area (Å²) < 4.78 is 4.49. The van der Waals surface area contributed by atoms with Gasteiger partial charge in [0.15, 0.2) is 5.96 Å². The van der Waals surface area contributed by atoms with Gasteiger partial charge in [-0.05, 0) is 0 Å². The monoisotopic (exact) mass is 249 g/mol. The molecule has 0 aromatic heterocycles. The van der Waals surface area contributed by atoms with E-state index in [9.17, 15) is 25.0 Å². The van der Waals surface area contributed by atoms with Crippen molar-refractivity contribution < 1.29 is 19.4 Å². The zero-order valence-electron chi connectivity index (χ0n) is 8.62. The summed E-state index contributed by atoms with van der Waals surface area (Å²) in [7, 11) is 0. The highest BCUT2D eigenvalue weighted by Crippen LogP contribution is 1.95. The lowest BCUT2D eigenvalue weighted by Gasteiger charge is -2.10. The molecule has 17 heavy (non-hydrogen) atoms. The molecule has 0 spiro atoms. The van der Waals surface area contributed by atoms with Crippen LogP contribution in [0, 0.1) is 25.6 Å². The van der Waals surface area contributed by atoms with Crippen LogP contribution < -0.4 is 11.1 Å². The van der Waals surface area contributed by atoms with E-state index in [2.05, 4.69) is 10.1 Å². The molecule has 0 radical (unpaired) electrons. The average Bonchev–Trinajstić information content (AvgIpc) is 2.12. The molecule has 0 atom stereocenters. The van der Waals surface area contributed by atoms with E-state index in [4.69, 9.17) is 11.1 Å². The van der Waals surface area contributed by atoms with Gasteiger partial charge in [-0.2, -0.15) is 0 Å². The van der Waals surface area contributed by atoms with Crippen LogP contribution in [-0.4, -0.2) is 47.5 Å². The number of hydrogen-bond donors (Lipinski definition) is 3. The zero-order chi connectivity index (χ0) is 13.4. The van der Waals surface area contributed by atoms with Crippen molar-refractivity contribution >= 4 is 11.9 Å². The largest absolute Gasteiger partial charge is 0.447 e. The number of nitrogens with one attached hydrogen (secondary N) is 2. The van der Waals surface area contributed by atoms with Crippen molar-refractivity contribution in [2.75, 3.05) is 19.6 Å². The lowest BCUT2D eigenvalue weighted by molar-refractivity contribution is -0.526. The number of guanidine groups is 1. The van der Waals surface area contributed by atoms with E-state index in [0.29, 0.717) is 0 Å².